The van der Waals surface area contributed by atoms with E-state index in [2.05, 4.69) is 10.6 Å². The van der Waals surface area contributed by atoms with Gasteiger partial charge in [-0.15, -0.1) is 0 Å². The van der Waals surface area contributed by atoms with Gasteiger partial charge in [-0.2, -0.15) is 0 Å². The maximum absolute atomic E-state index is 14.9. The summed E-state index contributed by atoms with van der Waals surface area (Å²) < 4.78 is 73.9. The molecule has 59 heavy (non-hydrogen) atoms. The molecule has 2 aromatic rings. The number of halogens is 2. The Morgan fingerprint density at radius 2 is 1.81 bits per heavy atom. The number of amides is 4. The Bertz CT molecular complexity index is 2100. The fraction of sp³-hybridized carbons (Fsp3) is 0.707. The third-order valence-electron chi connectivity index (χ3n) is 12.7. The van der Waals surface area contributed by atoms with Gasteiger partial charge in [0, 0.05) is 12.0 Å². The number of nitrogens with zero attached hydrogens (tertiary/aromatic N) is 3. The van der Waals surface area contributed by atoms with Crippen LogP contribution in [0.15, 0.2) is 18.2 Å². The second kappa shape index (κ2) is 15.9. The number of benzene rings is 1. The molecule has 324 valence electrons. The van der Waals surface area contributed by atoms with Crippen LogP contribution in [-0.2, 0) is 35.6 Å². The number of carbonyl (C=O) groups excluding carboxylic acids is 4. The molecular formula is C41H56F2N6O9S. The molecule has 3 N–H and O–H groups in total. The van der Waals surface area contributed by atoms with Crippen LogP contribution in [0, 0.1) is 23.2 Å². The fourth-order valence-corrected chi connectivity index (χ4v) is 9.85. The summed E-state index contributed by atoms with van der Waals surface area (Å²) in [6, 6.07) is 2.80. The zero-order valence-electron chi connectivity index (χ0n) is 34.5. The second-order valence-electron chi connectivity index (χ2n) is 18.2. The van der Waals surface area contributed by atoms with Crippen LogP contribution < -0.4 is 24.8 Å². The van der Waals surface area contributed by atoms with Gasteiger partial charge in [-0.3, -0.25) is 19.1 Å². The van der Waals surface area contributed by atoms with E-state index in [-0.39, 0.29) is 30.9 Å². The van der Waals surface area contributed by atoms with E-state index in [4.69, 9.17) is 24.2 Å². The molecular weight excluding hydrogens is 791 g/mol. The highest BCUT2D eigenvalue weighted by Crippen LogP contribution is 2.50. The Morgan fingerprint density at radius 3 is 2.46 bits per heavy atom. The number of rotatable bonds is 9. The van der Waals surface area contributed by atoms with Crippen molar-refractivity contribution in [3.63, 3.8) is 0 Å². The Hall–Kier alpha value is -4.35. The summed E-state index contributed by atoms with van der Waals surface area (Å²) in [5.41, 5.74) is -1.41. The highest BCUT2D eigenvalue weighted by atomic mass is 32.2. The number of aromatic nitrogens is 2. The molecule has 2 aliphatic heterocycles. The van der Waals surface area contributed by atoms with Crippen LogP contribution in [0.1, 0.15) is 105 Å². The molecule has 15 nitrogen and oxygen atoms in total. The molecule has 5 aliphatic rings. The van der Waals surface area contributed by atoms with Gasteiger partial charge >= 0.3 is 6.09 Å². The quantitative estimate of drug-likeness (QED) is 0.314. The van der Waals surface area contributed by atoms with E-state index in [0.29, 0.717) is 54.8 Å². The van der Waals surface area contributed by atoms with Crippen molar-refractivity contribution < 1.29 is 50.6 Å². The molecule has 0 radical (unpaired) electrons. The topological polar surface area (TPSA) is 195 Å². The van der Waals surface area contributed by atoms with Crippen molar-refractivity contribution in [3.05, 3.63) is 23.9 Å². The molecule has 3 saturated carbocycles. The zero-order chi connectivity index (χ0) is 42.7. The van der Waals surface area contributed by atoms with Gasteiger partial charge < -0.3 is 29.7 Å². The van der Waals surface area contributed by atoms with E-state index in [1.54, 1.807) is 33.8 Å². The molecule has 3 aliphatic carbocycles. The normalized spacial score (nSPS) is 30.7. The predicted octanol–water partition coefficient (Wildman–Crippen LogP) is 4.80. The lowest BCUT2D eigenvalue weighted by molar-refractivity contribution is -0.144. The molecule has 8 atom stereocenters. The minimum atomic E-state index is -4.24. The first-order valence-corrected chi connectivity index (χ1v) is 22.3. The van der Waals surface area contributed by atoms with E-state index in [1.807, 2.05) is 23.8 Å². The first-order chi connectivity index (χ1) is 27.8. The first-order valence-electron chi connectivity index (χ1n) is 20.9. The standard InChI is InChI=1S/C41H56F2N6O9S/c1-7-24-30-21-49(31(24)34(50)47-41(20-25(41)33(42)43)37(52)48-59(54,55)40(6)16-17-40)36(51)32(39(3,4)5)46-38(53)58-29-18-22(29)12-10-9-11-13-27-35(57-30)45-28-19-23(56-8-2)14-15-26(28)44-27/h14-15,19,22,24-25,29-33H,7-13,16-18,20-21H2,1-6H3,(H,46,53)(H,47,50)(H,48,52)/t22?,24-,25+,29-,30+,31+,32-,41-/m1/s1. The van der Waals surface area contributed by atoms with Crippen molar-refractivity contribution in [2.24, 2.45) is 23.2 Å². The lowest BCUT2D eigenvalue weighted by Crippen LogP contribution is -2.61. The summed E-state index contributed by atoms with van der Waals surface area (Å²) in [5.74, 6) is -4.28. The molecule has 1 saturated heterocycles. The van der Waals surface area contributed by atoms with Crippen LogP contribution in [0.4, 0.5) is 13.6 Å². The minimum Gasteiger partial charge on any atom is -0.494 e. The Morgan fingerprint density at radius 1 is 1.07 bits per heavy atom. The van der Waals surface area contributed by atoms with Crippen molar-refractivity contribution in [2.45, 2.75) is 147 Å². The Balaban J connectivity index is 1.27. The van der Waals surface area contributed by atoms with Crippen molar-refractivity contribution in [1.82, 2.24) is 30.2 Å². The maximum Gasteiger partial charge on any atom is 0.408 e. The number of nitrogens with one attached hydrogen (secondary N) is 3. The number of fused-ring (bicyclic) bond motifs is 5. The third-order valence-corrected chi connectivity index (χ3v) is 14.9. The molecule has 1 unspecified atom stereocenters. The van der Waals surface area contributed by atoms with Crippen molar-refractivity contribution in [1.29, 1.82) is 0 Å². The number of aryl methyl sites for hydroxylation is 1. The smallest absolute Gasteiger partial charge is 0.408 e. The van der Waals surface area contributed by atoms with Gasteiger partial charge in [-0.25, -0.2) is 32.0 Å². The number of sulfonamides is 1. The van der Waals surface area contributed by atoms with Crippen LogP contribution in [0.5, 0.6) is 11.6 Å². The molecule has 1 aromatic carbocycles. The summed E-state index contributed by atoms with van der Waals surface area (Å²) in [6.07, 6.45) is -0.0140. The van der Waals surface area contributed by atoms with Gasteiger partial charge in [0.25, 0.3) is 5.91 Å². The summed E-state index contributed by atoms with van der Waals surface area (Å²) in [5, 5.41) is 5.27. The van der Waals surface area contributed by atoms with Gasteiger partial charge in [-0.1, -0.05) is 40.5 Å². The molecule has 0 spiro atoms. The summed E-state index contributed by atoms with van der Waals surface area (Å²) in [6.45, 7) is 10.6. The minimum absolute atomic E-state index is 0.175. The average molecular weight is 847 g/mol. The molecule has 7 rings (SSSR count). The highest BCUT2D eigenvalue weighted by Gasteiger charge is 2.68. The van der Waals surface area contributed by atoms with Crippen molar-refractivity contribution in [3.8, 4) is 11.6 Å². The van der Waals surface area contributed by atoms with Crippen LogP contribution in [0.3, 0.4) is 0 Å². The van der Waals surface area contributed by atoms with Crippen LogP contribution in [0.2, 0.25) is 0 Å². The lowest BCUT2D eigenvalue weighted by atomic mass is 9.85. The lowest BCUT2D eigenvalue weighted by Gasteiger charge is -2.36. The van der Waals surface area contributed by atoms with Gasteiger partial charge in [0.1, 0.15) is 41.3 Å². The number of alkyl carbamates (subject to hydrolysis) is 1. The average Bonchev–Trinajstić information content (AvgIpc) is 4.11. The number of hydrogen-bond donors (Lipinski definition) is 3. The Kier molecular flexibility index (Phi) is 11.5. The SMILES string of the molecule is CCOc1ccc2nc3c(nc2c1)O[C@H]1CN(C(=O)[C@H](C(C)(C)C)NC(=O)O[C@@H]2CC2CCCCC3)[C@H](C(=O)N[C@]2(C(=O)NS(=O)(=O)C3(C)CC3)C[C@H]2C(F)F)[C@@H]1CC. The van der Waals surface area contributed by atoms with Crippen LogP contribution >= 0.6 is 0 Å². The van der Waals surface area contributed by atoms with Crippen LogP contribution in [0.25, 0.3) is 11.0 Å². The number of carbonyl (C=O) groups is 4. The van der Waals surface area contributed by atoms with E-state index in [9.17, 15) is 36.4 Å². The summed E-state index contributed by atoms with van der Waals surface area (Å²) in [4.78, 5) is 67.7. The van der Waals surface area contributed by atoms with Gasteiger partial charge in [0.05, 0.1) is 34.8 Å². The molecule has 1 aromatic heterocycles. The van der Waals surface area contributed by atoms with Crippen molar-refractivity contribution >= 4 is 44.9 Å². The zero-order valence-corrected chi connectivity index (χ0v) is 35.3. The van der Waals surface area contributed by atoms with Gasteiger partial charge in [-0.05, 0) is 88.7 Å². The summed E-state index contributed by atoms with van der Waals surface area (Å²) >= 11 is 0. The summed E-state index contributed by atoms with van der Waals surface area (Å²) in [7, 11) is -4.24. The molecule has 18 heteroatoms. The maximum atomic E-state index is 14.9. The van der Waals surface area contributed by atoms with E-state index < -0.39 is 92.4 Å². The van der Waals surface area contributed by atoms with Gasteiger partial charge in [0.15, 0.2) is 0 Å². The predicted molar refractivity (Wildman–Crippen MR) is 211 cm³/mol. The van der Waals surface area contributed by atoms with Gasteiger partial charge in [0.2, 0.25) is 34.1 Å². The van der Waals surface area contributed by atoms with Crippen molar-refractivity contribution in [2.75, 3.05) is 13.2 Å². The Labute approximate surface area is 343 Å². The molecule has 3 heterocycles. The van der Waals surface area contributed by atoms with Crippen LogP contribution in [-0.4, -0.2) is 101 Å². The number of hydrogen-bond acceptors (Lipinski definition) is 11. The number of alkyl halides is 2. The van der Waals surface area contributed by atoms with E-state index in [0.717, 1.165) is 25.7 Å². The third kappa shape index (κ3) is 8.65. The molecule has 2 bridgehead atoms. The number of ether oxygens (including phenoxy) is 3. The largest absolute Gasteiger partial charge is 0.494 e. The monoisotopic (exact) mass is 846 g/mol. The second-order valence-corrected chi connectivity index (χ2v) is 20.4. The highest BCUT2D eigenvalue weighted by molar-refractivity contribution is 7.91. The van der Waals surface area contributed by atoms with E-state index >= 15 is 0 Å². The van der Waals surface area contributed by atoms with E-state index in [1.165, 1.54) is 11.8 Å². The molecule has 4 fully saturated rings. The fourth-order valence-electron chi connectivity index (χ4n) is 8.54. The molecule has 4 amide bonds. The first kappa shape index (κ1) is 42.8.